The van der Waals surface area contributed by atoms with Crippen LogP contribution in [0.4, 0.5) is 11.4 Å². The lowest BCUT2D eigenvalue weighted by Gasteiger charge is -2.16. The molecule has 144 valence electrons. The summed E-state index contributed by atoms with van der Waals surface area (Å²) in [6.07, 6.45) is 1.08. The standard InChI is InChI=1S/C22H29N3O2/c1-5-17(3)18-8-12-20(13-9-18)24-22(27)15-25(4)14-21(26)23-19-10-6-16(2)7-11-19/h6-13,17H,5,14-15H2,1-4H3,(H,23,26)(H,24,27)/t17-/m1/s1. The van der Waals surface area contributed by atoms with Crippen molar-refractivity contribution in [3.8, 4) is 0 Å². The van der Waals surface area contributed by atoms with Gasteiger partial charge in [-0.05, 0) is 56.1 Å². The number of anilines is 2. The highest BCUT2D eigenvalue weighted by molar-refractivity contribution is 5.94. The van der Waals surface area contributed by atoms with Gasteiger partial charge in [-0.1, -0.05) is 43.7 Å². The van der Waals surface area contributed by atoms with Crippen molar-refractivity contribution in [2.45, 2.75) is 33.1 Å². The summed E-state index contributed by atoms with van der Waals surface area (Å²) < 4.78 is 0. The Kier molecular flexibility index (Phi) is 7.55. The zero-order chi connectivity index (χ0) is 19.8. The van der Waals surface area contributed by atoms with Crippen molar-refractivity contribution >= 4 is 23.2 Å². The number of nitrogens with zero attached hydrogens (tertiary/aromatic N) is 1. The van der Waals surface area contributed by atoms with Gasteiger partial charge >= 0.3 is 0 Å². The highest BCUT2D eigenvalue weighted by Crippen LogP contribution is 2.20. The Balaban J connectivity index is 1.79. The summed E-state index contributed by atoms with van der Waals surface area (Å²) in [7, 11) is 1.75. The number of rotatable bonds is 8. The van der Waals surface area contributed by atoms with Gasteiger partial charge < -0.3 is 10.6 Å². The van der Waals surface area contributed by atoms with Crippen LogP contribution in [0.3, 0.4) is 0 Å². The molecule has 2 aromatic carbocycles. The number of hydrogen-bond acceptors (Lipinski definition) is 3. The molecule has 0 bridgehead atoms. The van der Waals surface area contributed by atoms with Crippen LogP contribution in [0, 0.1) is 6.92 Å². The molecular formula is C22H29N3O2. The SMILES string of the molecule is CC[C@@H](C)c1ccc(NC(=O)CN(C)CC(=O)Nc2ccc(C)cc2)cc1. The quantitative estimate of drug-likeness (QED) is 0.741. The summed E-state index contributed by atoms with van der Waals surface area (Å²) >= 11 is 0. The van der Waals surface area contributed by atoms with E-state index in [0.717, 1.165) is 23.4 Å². The molecule has 0 aromatic heterocycles. The minimum absolute atomic E-state index is 0.142. The van der Waals surface area contributed by atoms with Gasteiger partial charge in [0.05, 0.1) is 13.1 Å². The molecule has 0 aliphatic rings. The Hall–Kier alpha value is -2.66. The summed E-state index contributed by atoms with van der Waals surface area (Å²) in [5.41, 5.74) is 3.92. The average Bonchev–Trinajstić information content (AvgIpc) is 2.63. The van der Waals surface area contributed by atoms with E-state index in [-0.39, 0.29) is 24.9 Å². The number of amides is 2. The van der Waals surface area contributed by atoms with E-state index < -0.39 is 0 Å². The lowest BCUT2D eigenvalue weighted by Crippen LogP contribution is -2.36. The van der Waals surface area contributed by atoms with Gasteiger partial charge in [0.15, 0.2) is 0 Å². The molecule has 0 aliphatic heterocycles. The molecule has 2 rings (SSSR count). The number of nitrogens with one attached hydrogen (secondary N) is 2. The summed E-state index contributed by atoms with van der Waals surface area (Å²) in [4.78, 5) is 26.0. The molecule has 1 atom stereocenters. The van der Waals surface area contributed by atoms with E-state index in [4.69, 9.17) is 0 Å². The fraction of sp³-hybridized carbons (Fsp3) is 0.364. The van der Waals surface area contributed by atoms with Gasteiger partial charge in [0, 0.05) is 11.4 Å². The topological polar surface area (TPSA) is 61.4 Å². The number of carbonyl (C=O) groups is 2. The third-order valence-electron chi connectivity index (χ3n) is 4.54. The van der Waals surface area contributed by atoms with Gasteiger partial charge in [0.2, 0.25) is 11.8 Å². The molecule has 0 aliphatic carbocycles. The predicted octanol–water partition coefficient (Wildman–Crippen LogP) is 4.02. The van der Waals surface area contributed by atoms with Crippen LogP contribution in [-0.4, -0.2) is 36.9 Å². The first-order valence-electron chi connectivity index (χ1n) is 9.32. The molecule has 0 spiro atoms. The molecular weight excluding hydrogens is 338 g/mol. The average molecular weight is 367 g/mol. The van der Waals surface area contributed by atoms with Crippen molar-refractivity contribution < 1.29 is 9.59 Å². The van der Waals surface area contributed by atoms with Gasteiger partial charge in [0.25, 0.3) is 0 Å². The number of hydrogen-bond donors (Lipinski definition) is 2. The molecule has 0 saturated heterocycles. The van der Waals surface area contributed by atoms with Gasteiger partial charge in [0.1, 0.15) is 0 Å². The lowest BCUT2D eigenvalue weighted by atomic mass is 9.99. The number of benzene rings is 2. The third kappa shape index (κ3) is 6.87. The summed E-state index contributed by atoms with van der Waals surface area (Å²) in [6, 6.07) is 15.5. The number of carbonyl (C=O) groups excluding carboxylic acids is 2. The molecule has 27 heavy (non-hydrogen) atoms. The zero-order valence-corrected chi connectivity index (χ0v) is 16.6. The molecule has 2 amide bonds. The Morgan fingerprint density at radius 1 is 0.889 bits per heavy atom. The molecule has 0 radical (unpaired) electrons. The molecule has 2 N–H and O–H groups in total. The normalized spacial score (nSPS) is 11.9. The van der Waals surface area contributed by atoms with Crippen LogP contribution in [0.1, 0.15) is 37.3 Å². The summed E-state index contributed by atoms with van der Waals surface area (Å²) in [5, 5.41) is 5.71. The Bertz CT molecular complexity index is 754. The van der Waals surface area contributed by atoms with Gasteiger partial charge in [-0.15, -0.1) is 0 Å². The van der Waals surface area contributed by atoms with E-state index in [1.165, 1.54) is 5.56 Å². The maximum Gasteiger partial charge on any atom is 0.238 e. The highest BCUT2D eigenvalue weighted by Gasteiger charge is 2.11. The van der Waals surface area contributed by atoms with E-state index >= 15 is 0 Å². The first kappa shape index (κ1) is 20.6. The van der Waals surface area contributed by atoms with Gasteiger partial charge in [-0.25, -0.2) is 0 Å². The molecule has 5 nitrogen and oxygen atoms in total. The van der Waals surface area contributed by atoms with E-state index in [0.29, 0.717) is 5.92 Å². The fourth-order valence-corrected chi connectivity index (χ4v) is 2.71. The van der Waals surface area contributed by atoms with E-state index in [2.05, 4.69) is 24.5 Å². The van der Waals surface area contributed by atoms with Gasteiger partial charge in [-0.3, -0.25) is 14.5 Å². The Labute approximate surface area is 161 Å². The van der Waals surface area contributed by atoms with Crippen LogP contribution in [0.25, 0.3) is 0 Å². The summed E-state index contributed by atoms with van der Waals surface area (Å²) in [6.45, 7) is 6.63. The molecule has 0 heterocycles. The zero-order valence-electron chi connectivity index (χ0n) is 16.6. The minimum Gasteiger partial charge on any atom is -0.325 e. The van der Waals surface area contributed by atoms with Crippen LogP contribution >= 0.6 is 0 Å². The monoisotopic (exact) mass is 367 g/mol. The van der Waals surface area contributed by atoms with Crippen LogP contribution in [-0.2, 0) is 9.59 Å². The van der Waals surface area contributed by atoms with Gasteiger partial charge in [-0.2, -0.15) is 0 Å². The Morgan fingerprint density at radius 3 is 1.78 bits per heavy atom. The largest absolute Gasteiger partial charge is 0.325 e. The second-order valence-electron chi connectivity index (χ2n) is 7.07. The number of likely N-dealkylation sites (N-methyl/N-ethyl adjacent to an activating group) is 1. The van der Waals surface area contributed by atoms with E-state index in [1.54, 1.807) is 11.9 Å². The van der Waals surface area contributed by atoms with Crippen molar-refractivity contribution in [3.05, 3.63) is 59.7 Å². The number of aryl methyl sites for hydroxylation is 1. The van der Waals surface area contributed by atoms with E-state index in [9.17, 15) is 9.59 Å². The van der Waals surface area contributed by atoms with Crippen LogP contribution in [0.15, 0.2) is 48.5 Å². The third-order valence-corrected chi connectivity index (χ3v) is 4.54. The smallest absolute Gasteiger partial charge is 0.238 e. The Morgan fingerprint density at radius 2 is 1.33 bits per heavy atom. The van der Waals surface area contributed by atoms with Crippen molar-refractivity contribution in [2.75, 3.05) is 30.8 Å². The molecule has 2 aromatic rings. The molecule has 0 saturated carbocycles. The predicted molar refractivity (Wildman–Crippen MR) is 111 cm³/mol. The maximum absolute atomic E-state index is 12.2. The summed E-state index contributed by atoms with van der Waals surface area (Å²) in [5.74, 6) is 0.219. The molecule has 5 heteroatoms. The molecule has 0 fully saturated rings. The van der Waals surface area contributed by atoms with Crippen LogP contribution < -0.4 is 10.6 Å². The first-order chi connectivity index (χ1) is 12.9. The lowest BCUT2D eigenvalue weighted by molar-refractivity contribution is -0.119. The molecule has 0 unspecified atom stereocenters. The minimum atomic E-state index is -0.146. The van der Waals surface area contributed by atoms with Crippen molar-refractivity contribution in [1.82, 2.24) is 4.90 Å². The highest BCUT2D eigenvalue weighted by atomic mass is 16.2. The van der Waals surface area contributed by atoms with Crippen molar-refractivity contribution in [2.24, 2.45) is 0 Å². The van der Waals surface area contributed by atoms with E-state index in [1.807, 2.05) is 55.5 Å². The van der Waals surface area contributed by atoms with Crippen molar-refractivity contribution in [1.29, 1.82) is 0 Å². The van der Waals surface area contributed by atoms with Crippen molar-refractivity contribution in [3.63, 3.8) is 0 Å². The second-order valence-corrected chi connectivity index (χ2v) is 7.07. The maximum atomic E-state index is 12.2. The second kappa shape index (κ2) is 9.88. The van der Waals surface area contributed by atoms with Crippen LogP contribution in [0.5, 0.6) is 0 Å². The first-order valence-corrected chi connectivity index (χ1v) is 9.32. The fourth-order valence-electron chi connectivity index (χ4n) is 2.71. The van der Waals surface area contributed by atoms with Crippen LogP contribution in [0.2, 0.25) is 0 Å².